The quantitative estimate of drug-likeness (QED) is 0.0359. The molecule has 94 heavy (non-hydrogen) atoms. The van der Waals surface area contributed by atoms with Crippen molar-refractivity contribution in [3.8, 4) is 12.3 Å². The SMILES string of the molecule is C#CC(=O)CC(C)(C)C.C=CC(=O)CC(C)(C)C.C=CC(=O)OC(C=C)C(C)(C)C.C=CC(=O)OCC(C)(C)C.C=Cc1nccn1CC(C)(C)C.CC(=O)CC(=O)C(C)(C)C.CC(C)=CC(=O)C(C)(C)C.CC(C)=CC(=O)CC(C)(C)C.CC(C)=CC(=O)CC(C)(C)C. The van der Waals surface area contributed by atoms with E-state index in [9.17, 15) is 43.2 Å². The number of aromatic nitrogens is 2. The lowest BCUT2D eigenvalue weighted by atomic mass is 9.88. The van der Waals surface area contributed by atoms with Gasteiger partial charge in [-0.15, -0.1) is 6.42 Å². The summed E-state index contributed by atoms with van der Waals surface area (Å²) in [7, 11) is 0. The number of Topliss-reactive ketones (excluding diaryl/α,β-unsaturated/α-hetero) is 3. The normalized spacial score (nSPS) is 11.3. The zero-order valence-corrected chi connectivity index (χ0v) is 66.3. The molecule has 0 saturated heterocycles. The number of terminal acetylenes is 1. The highest BCUT2D eigenvalue weighted by molar-refractivity contribution is 6.00. The van der Waals surface area contributed by atoms with Crippen molar-refractivity contribution in [1.82, 2.24) is 9.55 Å². The lowest BCUT2D eigenvalue weighted by Crippen LogP contribution is -2.28. The van der Waals surface area contributed by atoms with Crippen molar-refractivity contribution in [3.05, 3.63) is 110 Å². The molecule has 0 fully saturated rings. The highest BCUT2D eigenvalue weighted by Crippen LogP contribution is 2.25. The summed E-state index contributed by atoms with van der Waals surface area (Å²) in [5, 5.41) is 0. The summed E-state index contributed by atoms with van der Waals surface area (Å²) >= 11 is 0. The van der Waals surface area contributed by atoms with Crippen molar-refractivity contribution < 1.29 is 52.6 Å². The van der Waals surface area contributed by atoms with E-state index >= 15 is 0 Å². The van der Waals surface area contributed by atoms with Crippen LogP contribution in [-0.2, 0) is 59.2 Å². The summed E-state index contributed by atoms with van der Waals surface area (Å²) in [4.78, 5) is 102. The Balaban J connectivity index is -0.000000148. The summed E-state index contributed by atoms with van der Waals surface area (Å²) in [6.07, 6.45) is 23.1. The molecule has 1 heterocycles. The summed E-state index contributed by atoms with van der Waals surface area (Å²) < 4.78 is 12.0. The molecule has 1 rings (SSSR count). The Bertz CT molecular complexity index is 2610. The predicted octanol–water partition coefficient (Wildman–Crippen LogP) is 20.5. The molecule has 13 heteroatoms. The maximum absolute atomic E-state index is 11.2. The van der Waals surface area contributed by atoms with Crippen LogP contribution in [0.4, 0.5) is 0 Å². The zero-order valence-electron chi connectivity index (χ0n) is 66.3. The van der Waals surface area contributed by atoms with E-state index in [-0.39, 0.29) is 102 Å². The molecule has 0 aromatic carbocycles. The molecule has 538 valence electrons. The molecule has 1 aromatic rings. The van der Waals surface area contributed by atoms with Gasteiger partial charge in [-0.25, -0.2) is 14.6 Å². The van der Waals surface area contributed by atoms with E-state index in [0.717, 1.165) is 35.2 Å². The molecular formula is C81H138N2O11. The number of carbonyl (C=O) groups excluding carboxylic acids is 9. The lowest BCUT2D eigenvalue weighted by Gasteiger charge is -2.26. The Labute approximate surface area is 576 Å². The van der Waals surface area contributed by atoms with Crippen LogP contribution in [0.25, 0.3) is 6.08 Å². The fraction of sp³-hybridized carbons (Fsp3) is 0.630. The number of ketones is 7. The molecule has 0 saturated carbocycles. The molecule has 0 radical (unpaired) electrons. The largest absolute Gasteiger partial charge is 0.462 e. The molecule has 1 atom stereocenters. The van der Waals surface area contributed by atoms with Gasteiger partial charge in [0.2, 0.25) is 5.78 Å². The number of nitrogens with zero attached hydrogens (tertiary/aromatic N) is 2. The number of hydrogen-bond donors (Lipinski definition) is 0. The maximum atomic E-state index is 11.2. The average molecular weight is 1320 g/mol. The van der Waals surface area contributed by atoms with Crippen LogP contribution in [0.3, 0.4) is 0 Å². The van der Waals surface area contributed by atoms with Crippen molar-refractivity contribution in [2.24, 2.45) is 48.7 Å². The van der Waals surface area contributed by atoms with E-state index in [1.54, 1.807) is 30.4 Å². The molecule has 0 aliphatic rings. The molecule has 0 aliphatic heterocycles. The van der Waals surface area contributed by atoms with E-state index < -0.39 is 5.97 Å². The van der Waals surface area contributed by atoms with Gasteiger partial charge in [0.05, 0.1) is 13.0 Å². The number of allylic oxidation sites excluding steroid dienone is 7. The van der Waals surface area contributed by atoms with Gasteiger partial charge in [0.1, 0.15) is 23.5 Å². The minimum Gasteiger partial charge on any atom is -0.462 e. The third-order valence-electron chi connectivity index (χ3n) is 10.4. The number of rotatable bonds is 17. The Morgan fingerprint density at radius 3 is 1.07 bits per heavy atom. The molecular weight excluding hydrogens is 1180 g/mol. The van der Waals surface area contributed by atoms with Crippen molar-refractivity contribution in [1.29, 1.82) is 0 Å². The van der Waals surface area contributed by atoms with Crippen molar-refractivity contribution in [2.75, 3.05) is 6.61 Å². The number of imidazole rings is 1. The van der Waals surface area contributed by atoms with Crippen LogP contribution in [0.2, 0.25) is 0 Å². The number of esters is 2. The van der Waals surface area contributed by atoms with Gasteiger partial charge in [0.25, 0.3) is 0 Å². The molecule has 1 aromatic heterocycles. The Morgan fingerprint density at radius 2 is 0.872 bits per heavy atom. The minimum absolute atomic E-state index is 0.0139. The summed E-state index contributed by atoms with van der Waals surface area (Å²) in [6.45, 7) is 86.1. The number of ether oxygens (including phenoxy) is 2. The van der Waals surface area contributed by atoms with Crippen LogP contribution in [0, 0.1) is 61.1 Å². The molecule has 1 unspecified atom stereocenters. The maximum Gasteiger partial charge on any atom is 0.330 e. The molecule has 0 spiro atoms. The molecule has 0 amide bonds. The van der Waals surface area contributed by atoms with Crippen LogP contribution in [0.5, 0.6) is 0 Å². The Hall–Kier alpha value is -6.68. The Kier molecular flexibility index (Phi) is 53.8. The first-order valence-corrected chi connectivity index (χ1v) is 32.2. The fourth-order valence-corrected chi connectivity index (χ4v) is 6.14. The van der Waals surface area contributed by atoms with Crippen LogP contribution < -0.4 is 0 Å². The molecule has 13 nitrogen and oxygen atoms in total. The van der Waals surface area contributed by atoms with Crippen molar-refractivity contribution in [3.63, 3.8) is 0 Å². The number of hydrogen-bond acceptors (Lipinski definition) is 12. The van der Waals surface area contributed by atoms with Crippen LogP contribution in [0.15, 0.2) is 105 Å². The third kappa shape index (κ3) is 85.3. The first-order chi connectivity index (χ1) is 41.6. The third-order valence-corrected chi connectivity index (χ3v) is 10.4. The minimum atomic E-state index is -0.408. The van der Waals surface area contributed by atoms with Crippen molar-refractivity contribution >= 4 is 58.5 Å². The van der Waals surface area contributed by atoms with E-state index in [1.165, 1.54) is 19.1 Å². The first-order valence-electron chi connectivity index (χ1n) is 32.2. The van der Waals surface area contributed by atoms with E-state index in [2.05, 4.69) is 111 Å². The van der Waals surface area contributed by atoms with E-state index in [4.69, 9.17) is 15.9 Å². The smallest absolute Gasteiger partial charge is 0.330 e. The average Bonchev–Trinajstić information content (AvgIpc) is 1.71. The van der Waals surface area contributed by atoms with Gasteiger partial charge in [-0.2, -0.15) is 0 Å². The second-order valence-corrected chi connectivity index (χ2v) is 34.2. The standard InChI is InChI=1S/C10H16N2.C10H16O2.2C10H18O.C9H16O.2C8H14O2.C8H14O.C8H12O/c1-5-9-11-6-7-12(9)8-10(2,3)4;1-6-8(10(3,4)5)12-9(11)7-2;2*1-8(2)6-9(11)7-10(3,4)5;1-7(2)6-8(10)9(3,4)5;1-6(9)5-7(10)8(2,3)4;1-5-7(9)10-6-8(2,3)4;2*1-5-7(9)6-8(2,3)4/h5-7H,1,8H2,2-4H3;6-8H,1-2H2,3-5H3;2*6H,7H2,1-5H3;6H,1-5H3;5H2,1-4H3;5H,1,6H2,2-4H3;5H,1,6H2,2-4H3;1H,6H2,2-4H3. The van der Waals surface area contributed by atoms with Gasteiger partial charge in [0.15, 0.2) is 23.1 Å². The fourth-order valence-electron chi connectivity index (χ4n) is 6.14. The highest BCUT2D eigenvalue weighted by atomic mass is 16.5. The van der Waals surface area contributed by atoms with Gasteiger partial charge in [-0.3, -0.25) is 33.6 Å². The number of carbonyl (C=O) groups is 9. The Morgan fingerprint density at radius 1 is 0.500 bits per heavy atom. The van der Waals surface area contributed by atoms with Crippen molar-refractivity contribution in [2.45, 2.75) is 280 Å². The van der Waals surface area contributed by atoms with E-state index in [1.807, 2.05) is 179 Å². The second-order valence-electron chi connectivity index (χ2n) is 34.2. The molecule has 0 aliphatic carbocycles. The highest BCUT2D eigenvalue weighted by Gasteiger charge is 2.25. The van der Waals surface area contributed by atoms with Gasteiger partial charge in [-0.1, -0.05) is 243 Å². The zero-order chi connectivity index (χ0) is 77.0. The van der Waals surface area contributed by atoms with Crippen LogP contribution >= 0.6 is 0 Å². The van der Waals surface area contributed by atoms with Crippen LogP contribution in [-0.4, -0.2) is 74.7 Å². The van der Waals surface area contributed by atoms with E-state index in [0.29, 0.717) is 37.7 Å². The second kappa shape index (κ2) is 48.9. The monoisotopic (exact) mass is 1320 g/mol. The topological polar surface area (TPSA) is 190 Å². The van der Waals surface area contributed by atoms with Gasteiger partial charge in [-0.05, 0) is 117 Å². The molecule has 0 bridgehead atoms. The summed E-state index contributed by atoms with van der Waals surface area (Å²) in [5.74, 6) is 2.92. The van der Waals surface area contributed by atoms with Gasteiger partial charge < -0.3 is 14.0 Å². The summed E-state index contributed by atoms with van der Waals surface area (Å²) in [5.41, 5.74) is 3.22. The van der Waals surface area contributed by atoms with Crippen LogP contribution in [0.1, 0.15) is 273 Å². The molecule has 0 N–H and O–H groups in total. The predicted molar refractivity (Wildman–Crippen MR) is 400 cm³/mol. The first kappa shape index (κ1) is 103. The lowest BCUT2D eigenvalue weighted by molar-refractivity contribution is -0.145. The van der Waals surface area contributed by atoms with Gasteiger partial charge in [0, 0.05) is 73.0 Å². The van der Waals surface area contributed by atoms with Gasteiger partial charge >= 0.3 is 11.9 Å². The summed E-state index contributed by atoms with van der Waals surface area (Å²) in [6, 6.07) is 0.